The van der Waals surface area contributed by atoms with Crippen molar-refractivity contribution < 1.29 is 18.7 Å². The lowest BCUT2D eigenvalue weighted by atomic mass is 9.94. The van der Waals surface area contributed by atoms with Crippen molar-refractivity contribution in [1.29, 1.82) is 0 Å². The van der Waals surface area contributed by atoms with E-state index in [1.165, 1.54) is 0 Å². The Bertz CT molecular complexity index is 855. The van der Waals surface area contributed by atoms with Gasteiger partial charge in [0.2, 0.25) is 12.0 Å². The van der Waals surface area contributed by atoms with Crippen LogP contribution in [0.15, 0.2) is 22.8 Å². The molecule has 0 unspecified atom stereocenters. The van der Waals surface area contributed by atoms with Gasteiger partial charge in [0.05, 0.1) is 28.5 Å². The van der Waals surface area contributed by atoms with Crippen LogP contribution >= 0.6 is 0 Å². The fraction of sp³-hybridized carbons (Fsp3) is 0.688. The van der Waals surface area contributed by atoms with Gasteiger partial charge in [-0.25, -0.2) is 14.2 Å². The van der Waals surface area contributed by atoms with E-state index in [4.69, 9.17) is 4.74 Å². The SMILES string of the molecule is O=C(N=S1(=O)CCC2(CC1)CN(c1ncccn1)CCO2)[C@@H]1C[C@H]1[N+](=O)[O-]. The van der Waals surface area contributed by atoms with Crippen LogP contribution in [0.5, 0.6) is 0 Å². The summed E-state index contributed by atoms with van der Waals surface area (Å²) < 4.78 is 22.9. The van der Waals surface area contributed by atoms with Crippen LogP contribution in [0.4, 0.5) is 5.95 Å². The molecule has 27 heavy (non-hydrogen) atoms. The summed E-state index contributed by atoms with van der Waals surface area (Å²) in [5.41, 5.74) is -0.445. The average Bonchev–Trinajstić information content (AvgIpc) is 3.47. The maximum Gasteiger partial charge on any atom is 0.264 e. The second-order valence-corrected chi connectivity index (χ2v) is 9.85. The number of ether oxygens (including phenoxy) is 1. The molecule has 0 radical (unpaired) electrons. The zero-order valence-electron chi connectivity index (χ0n) is 14.7. The highest BCUT2D eigenvalue weighted by molar-refractivity contribution is 7.93. The van der Waals surface area contributed by atoms with Gasteiger partial charge in [-0.2, -0.15) is 4.36 Å². The van der Waals surface area contributed by atoms with Gasteiger partial charge in [0.25, 0.3) is 5.91 Å². The number of carbonyl (C=O) groups excluding carboxylic acids is 1. The molecule has 2 atom stereocenters. The molecule has 1 aromatic rings. The van der Waals surface area contributed by atoms with Crippen LogP contribution in [0.25, 0.3) is 0 Å². The van der Waals surface area contributed by atoms with E-state index in [1.807, 2.05) is 0 Å². The summed E-state index contributed by atoms with van der Waals surface area (Å²) in [6.45, 7) is 1.82. The molecule has 3 heterocycles. The Balaban J connectivity index is 1.42. The van der Waals surface area contributed by atoms with E-state index >= 15 is 0 Å². The second kappa shape index (κ2) is 6.79. The highest BCUT2D eigenvalue weighted by atomic mass is 32.2. The quantitative estimate of drug-likeness (QED) is 0.535. The van der Waals surface area contributed by atoms with Gasteiger partial charge < -0.3 is 9.64 Å². The van der Waals surface area contributed by atoms with E-state index in [2.05, 4.69) is 19.2 Å². The molecule has 2 saturated heterocycles. The molecular weight excluding hydrogens is 374 g/mol. The van der Waals surface area contributed by atoms with Crippen molar-refractivity contribution in [2.75, 3.05) is 36.1 Å². The Morgan fingerprint density at radius 1 is 1.37 bits per heavy atom. The number of nitrogens with zero attached hydrogens (tertiary/aromatic N) is 5. The van der Waals surface area contributed by atoms with Crippen LogP contribution in [0.1, 0.15) is 19.3 Å². The molecule has 2 aliphatic heterocycles. The minimum atomic E-state index is -2.68. The summed E-state index contributed by atoms with van der Waals surface area (Å²) in [4.78, 5) is 33.0. The van der Waals surface area contributed by atoms with Crippen molar-refractivity contribution in [3.05, 3.63) is 28.6 Å². The Morgan fingerprint density at radius 3 is 2.70 bits per heavy atom. The maximum absolute atomic E-state index is 13.0. The Morgan fingerprint density at radius 2 is 2.07 bits per heavy atom. The molecule has 146 valence electrons. The van der Waals surface area contributed by atoms with Crippen LogP contribution in [0, 0.1) is 16.0 Å². The van der Waals surface area contributed by atoms with E-state index in [1.54, 1.807) is 18.5 Å². The predicted molar refractivity (Wildman–Crippen MR) is 96.4 cm³/mol. The molecule has 1 aromatic heterocycles. The summed E-state index contributed by atoms with van der Waals surface area (Å²) in [7, 11) is -2.68. The molecule has 0 N–H and O–H groups in total. The third-order valence-corrected chi connectivity index (χ3v) is 7.63. The highest BCUT2D eigenvalue weighted by Crippen LogP contribution is 2.36. The van der Waals surface area contributed by atoms with Gasteiger partial charge in [-0.1, -0.05) is 0 Å². The van der Waals surface area contributed by atoms with Gasteiger partial charge >= 0.3 is 0 Å². The molecule has 1 aliphatic carbocycles. The van der Waals surface area contributed by atoms with E-state index in [0.717, 1.165) is 0 Å². The number of carbonyl (C=O) groups is 1. The topological polar surface area (TPSA) is 128 Å². The molecule has 11 heteroatoms. The largest absolute Gasteiger partial charge is 0.371 e. The lowest BCUT2D eigenvalue weighted by Gasteiger charge is -2.45. The summed E-state index contributed by atoms with van der Waals surface area (Å²) in [6.07, 6.45) is 4.63. The van der Waals surface area contributed by atoms with Gasteiger partial charge in [0, 0.05) is 41.8 Å². The van der Waals surface area contributed by atoms with Crippen molar-refractivity contribution in [1.82, 2.24) is 9.97 Å². The Kier molecular flexibility index (Phi) is 4.58. The second-order valence-electron chi connectivity index (χ2n) is 7.31. The van der Waals surface area contributed by atoms with Gasteiger partial charge in [-0.05, 0) is 18.9 Å². The number of amides is 1. The van der Waals surface area contributed by atoms with Gasteiger partial charge in [0.1, 0.15) is 5.92 Å². The number of aromatic nitrogens is 2. The molecule has 1 amide bonds. The monoisotopic (exact) mass is 395 g/mol. The Hall–Kier alpha value is -2.14. The van der Waals surface area contributed by atoms with Gasteiger partial charge in [0.15, 0.2) is 0 Å². The first-order valence-electron chi connectivity index (χ1n) is 8.96. The minimum absolute atomic E-state index is 0.198. The predicted octanol–water partition coefficient (Wildman–Crippen LogP) is 0.506. The van der Waals surface area contributed by atoms with Gasteiger partial charge in [-0.15, -0.1) is 0 Å². The van der Waals surface area contributed by atoms with Crippen LogP contribution in [0.2, 0.25) is 0 Å². The zero-order valence-corrected chi connectivity index (χ0v) is 15.5. The summed E-state index contributed by atoms with van der Waals surface area (Å²) in [5.74, 6) is -0.117. The first-order chi connectivity index (χ1) is 12.9. The van der Waals surface area contributed by atoms with E-state index < -0.39 is 38.1 Å². The third-order valence-electron chi connectivity index (χ3n) is 5.44. The highest BCUT2D eigenvalue weighted by Gasteiger charge is 2.54. The molecule has 1 spiro atoms. The molecule has 3 fully saturated rings. The standard InChI is InChI=1S/C16H21N5O5S/c22-14(12-10-13(12)21(23)24)19-27(25)8-2-16(3-9-27)11-20(6-7-26-16)15-17-4-1-5-18-15/h1,4-5,12-13H,2-3,6-11H2/t12-,13-,16?,27?/m1/s1. The molecule has 0 bridgehead atoms. The fourth-order valence-corrected chi connectivity index (χ4v) is 5.93. The number of hydrogen-bond donors (Lipinski definition) is 0. The van der Waals surface area contributed by atoms with Crippen molar-refractivity contribution in [2.45, 2.75) is 30.9 Å². The first kappa shape index (κ1) is 18.2. The lowest BCUT2D eigenvalue weighted by Crippen LogP contribution is -2.55. The summed E-state index contributed by atoms with van der Waals surface area (Å²) in [6, 6.07) is 0.900. The van der Waals surface area contributed by atoms with Crippen LogP contribution in [-0.4, -0.2) is 67.9 Å². The molecule has 10 nitrogen and oxygen atoms in total. The lowest BCUT2D eigenvalue weighted by molar-refractivity contribution is -0.497. The smallest absolute Gasteiger partial charge is 0.264 e. The van der Waals surface area contributed by atoms with Crippen LogP contribution in [0.3, 0.4) is 0 Å². The molecule has 1 saturated carbocycles. The van der Waals surface area contributed by atoms with Crippen LogP contribution in [-0.2, 0) is 19.3 Å². The number of anilines is 1. The third kappa shape index (κ3) is 3.79. The van der Waals surface area contributed by atoms with E-state index in [-0.39, 0.29) is 17.9 Å². The van der Waals surface area contributed by atoms with Crippen molar-refractivity contribution in [2.24, 2.45) is 10.3 Å². The van der Waals surface area contributed by atoms with Crippen LogP contribution < -0.4 is 4.90 Å². The fourth-order valence-electron chi connectivity index (χ4n) is 3.69. The molecule has 0 aromatic carbocycles. The van der Waals surface area contributed by atoms with E-state index in [9.17, 15) is 19.1 Å². The number of morpholine rings is 1. The number of hydrogen-bond acceptors (Lipinski definition) is 8. The number of nitro groups is 1. The Labute approximate surface area is 156 Å². The molecule has 3 aliphatic rings. The summed E-state index contributed by atoms with van der Waals surface area (Å²) in [5, 5.41) is 10.7. The van der Waals surface area contributed by atoms with Crippen molar-refractivity contribution >= 4 is 21.6 Å². The van der Waals surface area contributed by atoms with Crippen molar-refractivity contribution in [3.63, 3.8) is 0 Å². The van der Waals surface area contributed by atoms with Crippen molar-refractivity contribution in [3.8, 4) is 0 Å². The van der Waals surface area contributed by atoms with E-state index in [0.29, 0.717) is 38.5 Å². The number of rotatable bonds is 3. The normalized spacial score (nSPS) is 35.6. The maximum atomic E-state index is 13.0. The zero-order chi connectivity index (χ0) is 19.1. The van der Waals surface area contributed by atoms with Gasteiger partial charge in [-0.3, -0.25) is 14.9 Å². The molecular formula is C16H21N5O5S. The first-order valence-corrected chi connectivity index (χ1v) is 10.8. The average molecular weight is 395 g/mol. The minimum Gasteiger partial charge on any atom is -0.371 e. The summed E-state index contributed by atoms with van der Waals surface area (Å²) >= 11 is 0. The molecule has 4 rings (SSSR count).